The van der Waals surface area contributed by atoms with E-state index < -0.39 is 0 Å². The minimum absolute atomic E-state index is 0.633. The third-order valence-electron chi connectivity index (χ3n) is 12.1. The van der Waals surface area contributed by atoms with Crippen molar-refractivity contribution in [2.45, 2.75) is 0 Å². The fourth-order valence-electron chi connectivity index (χ4n) is 8.95. The lowest BCUT2D eigenvalue weighted by molar-refractivity contribution is 1.07. The van der Waals surface area contributed by atoms with Gasteiger partial charge < -0.3 is 0 Å². The average Bonchev–Trinajstić information content (AvgIpc) is 3.42. The van der Waals surface area contributed by atoms with Gasteiger partial charge in [0.1, 0.15) is 0 Å². The summed E-state index contributed by atoms with van der Waals surface area (Å²) < 4.78 is 0. The molecule has 0 unspecified atom stereocenters. The van der Waals surface area contributed by atoms with Crippen molar-refractivity contribution < 1.29 is 0 Å². The van der Waals surface area contributed by atoms with Crippen LogP contribution in [0.15, 0.2) is 261 Å². The zero-order valence-electron chi connectivity index (χ0n) is 36.2. The highest BCUT2D eigenvalue weighted by Crippen LogP contribution is 2.50. The van der Waals surface area contributed by atoms with Gasteiger partial charge in [0.25, 0.3) is 0 Å². The molecule has 0 saturated carbocycles. The summed E-state index contributed by atoms with van der Waals surface area (Å²) in [4.78, 5) is 14.9. The smallest absolute Gasteiger partial charge is 0.164 e. The van der Waals surface area contributed by atoms with Gasteiger partial charge in [-0.25, -0.2) is 15.0 Å². The predicted molar refractivity (Wildman–Crippen MR) is 274 cm³/mol. The second kappa shape index (κ2) is 18.1. The predicted octanol–water partition coefficient (Wildman–Crippen LogP) is 16.5. The molecule has 10 aromatic carbocycles. The summed E-state index contributed by atoms with van der Waals surface area (Å²) in [5.41, 5.74) is 19.2. The van der Waals surface area contributed by atoms with Gasteiger partial charge in [-0.2, -0.15) is 0 Å². The summed E-state index contributed by atoms with van der Waals surface area (Å²) in [5.74, 6) is 1.92. The fourth-order valence-corrected chi connectivity index (χ4v) is 8.95. The third kappa shape index (κ3) is 8.14. The molecule has 0 saturated heterocycles. The molecule has 1 heterocycles. The van der Waals surface area contributed by atoms with Crippen molar-refractivity contribution in [1.29, 1.82) is 0 Å². The van der Waals surface area contributed by atoms with E-state index in [1.54, 1.807) is 0 Å². The minimum Gasteiger partial charge on any atom is -0.208 e. The van der Waals surface area contributed by atoms with E-state index in [2.05, 4.69) is 200 Å². The van der Waals surface area contributed by atoms with Crippen LogP contribution in [-0.2, 0) is 0 Å². The normalized spacial score (nSPS) is 11.0. The van der Waals surface area contributed by atoms with Crippen LogP contribution in [0, 0.1) is 0 Å². The van der Waals surface area contributed by atoms with E-state index in [9.17, 15) is 0 Å². The molecule has 310 valence electrons. The summed E-state index contributed by atoms with van der Waals surface area (Å²) in [6.45, 7) is 0. The van der Waals surface area contributed by atoms with Gasteiger partial charge in [-0.3, -0.25) is 0 Å². The molecule has 0 bridgehead atoms. The van der Waals surface area contributed by atoms with Gasteiger partial charge in [0.2, 0.25) is 0 Å². The largest absolute Gasteiger partial charge is 0.208 e. The van der Waals surface area contributed by atoms with Crippen molar-refractivity contribution in [2.75, 3.05) is 0 Å². The van der Waals surface area contributed by atoms with E-state index in [4.69, 9.17) is 15.0 Å². The van der Waals surface area contributed by atoms with Gasteiger partial charge in [-0.05, 0) is 96.1 Å². The van der Waals surface area contributed by atoms with Crippen LogP contribution in [0.2, 0.25) is 0 Å². The summed E-state index contributed by atoms with van der Waals surface area (Å²) >= 11 is 0. The van der Waals surface area contributed by atoms with Crippen LogP contribution in [0.1, 0.15) is 0 Å². The van der Waals surface area contributed by atoms with E-state index in [0.717, 1.165) is 44.5 Å². The van der Waals surface area contributed by atoms with Crippen LogP contribution >= 0.6 is 0 Å². The SMILES string of the molecule is c1ccc(-c2nc(-c3ccccc3)nc(-c3cccc(-c4cccc(-c5ccc(-c6cc(-c7ccccc7)c(-c7ccccc7)c(-c7ccccc7)c6-c6ccccc6)cc5)c4)c3)n2)cc1. The molecule has 3 heteroatoms. The lowest BCUT2D eigenvalue weighted by Gasteiger charge is -2.24. The number of rotatable bonds is 10. The Kier molecular flexibility index (Phi) is 11.0. The highest BCUT2D eigenvalue weighted by atomic mass is 15.0. The van der Waals surface area contributed by atoms with E-state index in [-0.39, 0.29) is 0 Å². The molecule has 11 rings (SSSR count). The third-order valence-corrected chi connectivity index (χ3v) is 12.1. The van der Waals surface area contributed by atoms with Gasteiger partial charge in [-0.1, -0.05) is 243 Å². The van der Waals surface area contributed by atoms with Gasteiger partial charge in [0.05, 0.1) is 0 Å². The van der Waals surface area contributed by atoms with Crippen molar-refractivity contribution in [3.05, 3.63) is 261 Å². The Labute approximate surface area is 386 Å². The molecule has 11 aromatic rings. The lowest BCUT2D eigenvalue weighted by atomic mass is 9.79. The maximum atomic E-state index is 5.00. The number of nitrogens with zero attached hydrogens (tertiary/aromatic N) is 3. The molecule has 66 heavy (non-hydrogen) atoms. The lowest BCUT2D eigenvalue weighted by Crippen LogP contribution is -2.00. The topological polar surface area (TPSA) is 38.7 Å². The standard InChI is InChI=1S/C63H43N3/c1-7-21-45(22-8-1)56-43-57(59(48-25-11-3-12-26-48)60(49-27-13-4-14-28-49)58(56)47-23-9-2-10-24-47)46-39-37-44(38-40-46)52-33-19-34-53(41-52)54-35-20-36-55(42-54)63-65-61(50-29-15-5-16-30-50)64-62(66-63)51-31-17-6-18-32-51/h1-43H. The first kappa shape index (κ1) is 40.0. The molecule has 0 N–H and O–H groups in total. The van der Waals surface area contributed by atoms with Crippen LogP contribution in [-0.4, -0.2) is 15.0 Å². The summed E-state index contributed by atoms with van der Waals surface area (Å²) in [6.07, 6.45) is 0. The van der Waals surface area contributed by atoms with Crippen molar-refractivity contribution in [3.63, 3.8) is 0 Å². The maximum absolute atomic E-state index is 5.00. The van der Waals surface area contributed by atoms with Gasteiger partial charge in [0, 0.05) is 16.7 Å². The molecule has 0 atom stereocenters. The maximum Gasteiger partial charge on any atom is 0.164 e. The Hall–Kier alpha value is -8.79. The van der Waals surface area contributed by atoms with Crippen molar-refractivity contribution in [3.8, 4) is 112 Å². The Morgan fingerprint density at radius 3 is 0.864 bits per heavy atom. The average molecular weight is 842 g/mol. The first-order valence-electron chi connectivity index (χ1n) is 22.3. The van der Waals surface area contributed by atoms with E-state index in [1.165, 1.54) is 50.1 Å². The monoisotopic (exact) mass is 841 g/mol. The number of hydrogen-bond acceptors (Lipinski definition) is 3. The number of aromatic nitrogens is 3. The Balaban J connectivity index is 1.01. The highest BCUT2D eigenvalue weighted by Gasteiger charge is 2.24. The van der Waals surface area contributed by atoms with Gasteiger partial charge in [0.15, 0.2) is 17.5 Å². The Morgan fingerprint density at radius 2 is 0.439 bits per heavy atom. The first-order valence-corrected chi connectivity index (χ1v) is 22.3. The van der Waals surface area contributed by atoms with Crippen LogP contribution in [0.5, 0.6) is 0 Å². The fraction of sp³-hybridized carbons (Fsp3) is 0. The quantitative estimate of drug-likeness (QED) is 0.138. The molecule has 0 fully saturated rings. The van der Waals surface area contributed by atoms with Crippen LogP contribution in [0.3, 0.4) is 0 Å². The summed E-state index contributed by atoms with van der Waals surface area (Å²) in [5, 5.41) is 0. The molecule has 0 amide bonds. The Morgan fingerprint density at radius 1 is 0.167 bits per heavy atom. The molecule has 0 aliphatic rings. The highest BCUT2D eigenvalue weighted by molar-refractivity contribution is 6.07. The summed E-state index contributed by atoms with van der Waals surface area (Å²) in [6, 6.07) is 92.3. The molecular weight excluding hydrogens is 799 g/mol. The Bertz CT molecular complexity index is 3350. The molecule has 0 spiro atoms. The second-order valence-electron chi connectivity index (χ2n) is 16.3. The van der Waals surface area contributed by atoms with Crippen molar-refractivity contribution in [2.24, 2.45) is 0 Å². The van der Waals surface area contributed by atoms with E-state index >= 15 is 0 Å². The molecule has 1 aromatic heterocycles. The molecule has 0 aliphatic heterocycles. The van der Waals surface area contributed by atoms with Crippen LogP contribution in [0.4, 0.5) is 0 Å². The first-order chi connectivity index (χ1) is 32.7. The molecule has 0 radical (unpaired) electrons. The van der Waals surface area contributed by atoms with E-state index in [1.807, 2.05) is 60.7 Å². The molecule has 0 aliphatic carbocycles. The number of hydrogen-bond donors (Lipinski definition) is 0. The second-order valence-corrected chi connectivity index (χ2v) is 16.3. The van der Waals surface area contributed by atoms with E-state index in [0.29, 0.717) is 17.5 Å². The number of benzene rings is 10. The van der Waals surface area contributed by atoms with Gasteiger partial charge in [-0.15, -0.1) is 0 Å². The van der Waals surface area contributed by atoms with Crippen molar-refractivity contribution in [1.82, 2.24) is 15.0 Å². The molecular formula is C63H43N3. The minimum atomic E-state index is 0.633. The summed E-state index contributed by atoms with van der Waals surface area (Å²) in [7, 11) is 0. The molecule has 3 nitrogen and oxygen atoms in total. The van der Waals surface area contributed by atoms with Crippen LogP contribution < -0.4 is 0 Å². The van der Waals surface area contributed by atoms with Gasteiger partial charge >= 0.3 is 0 Å². The van der Waals surface area contributed by atoms with Crippen LogP contribution in [0.25, 0.3) is 112 Å². The van der Waals surface area contributed by atoms with Crippen molar-refractivity contribution >= 4 is 0 Å². The zero-order chi connectivity index (χ0) is 44.1. The zero-order valence-corrected chi connectivity index (χ0v) is 36.2.